The van der Waals surface area contributed by atoms with Crippen LogP contribution in [0.4, 0.5) is 11.4 Å². The summed E-state index contributed by atoms with van der Waals surface area (Å²) in [4.78, 5) is 12.5. The number of nitrogens with one attached hydrogen (secondary N) is 1. The molecule has 0 saturated carbocycles. The number of hydrogen-bond donors (Lipinski definition) is 2. The first-order chi connectivity index (χ1) is 9.93. The fraction of sp³-hybridized carbons (Fsp3) is 0.353. The van der Waals surface area contributed by atoms with Crippen LogP contribution in [0, 0.1) is 6.92 Å². The van der Waals surface area contributed by atoms with E-state index < -0.39 is 0 Å². The van der Waals surface area contributed by atoms with E-state index in [1.54, 1.807) is 12.3 Å². The summed E-state index contributed by atoms with van der Waals surface area (Å²) in [5, 5.41) is 3.05. The van der Waals surface area contributed by atoms with Gasteiger partial charge < -0.3 is 15.6 Å². The Balaban J connectivity index is 2.36. The second kappa shape index (κ2) is 6.04. The number of para-hydroxylation sites is 1. The smallest absolute Gasteiger partial charge is 0.272 e. The van der Waals surface area contributed by atoms with E-state index in [1.807, 2.05) is 30.5 Å². The number of hydrogen-bond acceptors (Lipinski definition) is 2. The molecule has 0 aliphatic carbocycles. The second-order valence-corrected chi connectivity index (χ2v) is 5.59. The lowest BCUT2D eigenvalue weighted by molar-refractivity contribution is 0.101. The summed E-state index contributed by atoms with van der Waals surface area (Å²) in [5.41, 5.74) is 10.1. The van der Waals surface area contributed by atoms with Crippen molar-refractivity contribution in [1.82, 2.24) is 4.57 Å². The van der Waals surface area contributed by atoms with Gasteiger partial charge in [0.25, 0.3) is 5.91 Å². The van der Waals surface area contributed by atoms with Gasteiger partial charge in [-0.25, -0.2) is 0 Å². The summed E-state index contributed by atoms with van der Waals surface area (Å²) in [7, 11) is 0. The number of carbonyl (C=O) groups excluding carboxylic acids is 1. The summed E-state index contributed by atoms with van der Waals surface area (Å²) in [6.07, 6.45) is 1.79. The van der Waals surface area contributed by atoms with Crippen LogP contribution in [0.3, 0.4) is 0 Å². The molecule has 0 radical (unpaired) electrons. The molecule has 1 aromatic carbocycles. The first-order valence-corrected chi connectivity index (χ1v) is 7.30. The van der Waals surface area contributed by atoms with Crippen LogP contribution in [0.15, 0.2) is 30.5 Å². The first kappa shape index (κ1) is 15.2. The summed E-state index contributed by atoms with van der Waals surface area (Å²) in [6, 6.07) is 7.80. The second-order valence-electron chi connectivity index (χ2n) is 5.59. The fourth-order valence-corrected chi connectivity index (χ4v) is 2.51. The van der Waals surface area contributed by atoms with Crippen LogP contribution >= 0.6 is 0 Å². The van der Waals surface area contributed by atoms with E-state index in [1.165, 1.54) is 0 Å². The molecular weight excluding hydrogens is 262 g/mol. The third-order valence-corrected chi connectivity index (χ3v) is 3.66. The molecule has 112 valence electrons. The Hall–Kier alpha value is -2.23. The van der Waals surface area contributed by atoms with Crippen molar-refractivity contribution in [2.75, 3.05) is 11.1 Å². The molecule has 1 aromatic heterocycles. The van der Waals surface area contributed by atoms with Gasteiger partial charge in [0, 0.05) is 18.4 Å². The van der Waals surface area contributed by atoms with Crippen LogP contribution in [-0.4, -0.2) is 10.5 Å². The van der Waals surface area contributed by atoms with Crippen molar-refractivity contribution in [2.45, 2.75) is 40.2 Å². The number of nitrogen functional groups attached to an aromatic ring is 1. The fourth-order valence-electron chi connectivity index (χ4n) is 2.51. The van der Waals surface area contributed by atoms with Gasteiger partial charge in [-0.15, -0.1) is 0 Å². The third kappa shape index (κ3) is 3.10. The Kier molecular flexibility index (Phi) is 4.36. The van der Waals surface area contributed by atoms with Crippen LogP contribution in [-0.2, 0) is 6.54 Å². The Morgan fingerprint density at radius 2 is 2.10 bits per heavy atom. The van der Waals surface area contributed by atoms with Crippen LogP contribution in [0.2, 0.25) is 0 Å². The summed E-state index contributed by atoms with van der Waals surface area (Å²) < 4.78 is 1.86. The van der Waals surface area contributed by atoms with Gasteiger partial charge in [-0.1, -0.05) is 32.0 Å². The van der Waals surface area contributed by atoms with Crippen LogP contribution in [0.1, 0.15) is 48.3 Å². The van der Waals surface area contributed by atoms with Crippen molar-refractivity contribution in [3.8, 4) is 0 Å². The van der Waals surface area contributed by atoms with Gasteiger partial charge in [-0.2, -0.15) is 0 Å². The Labute approximate surface area is 126 Å². The van der Waals surface area contributed by atoms with Gasteiger partial charge in [-0.05, 0) is 37.0 Å². The number of carbonyl (C=O) groups is 1. The average Bonchev–Trinajstić information content (AvgIpc) is 2.82. The Bertz CT molecular complexity index is 656. The lowest BCUT2D eigenvalue weighted by atomic mass is 9.98. The van der Waals surface area contributed by atoms with Crippen molar-refractivity contribution in [3.05, 3.63) is 47.3 Å². The molecule has 2 aromatic rings. The van der Waals surface area contributed by atoms with Crippen molar-refractivity contribution in [1.29, 1.82) is 0 Å². The van der Waals surface area contributed by atoms with Gasteiger partial charge >= 0.3 is 0 Å². The minimum atomic E-state index is -0.121. The molecule has 0 fully saturated rings. The highest BCUT2D eigenvalue weighted by Gasteiger charge is 2.16. The van der Waals surface area contributed by atoms with Crippen LogP contribution < -0.4 is 11.1 Å². The zero-order chi connectivity index (χ0) is 15.6. The molecule has 4 heteroatoms. The van der Waals surface area contributed by atoms with Crippen molar-refractivity contribution in [2.24, 2.45) is 0 Å². The molecule has 1 amide bonds. The van der Waals surface area contributed by atoms with E-state index in [4.69, 9.17) is 5.73 Å². The quantitative estimate of drug-likeness (QED) is 0.898. The molecule has 0 atom stereocenters. The minimum absolute atomic E-state index is 0.121. The standard InChI is InChI=1S/C17H23N3O/c1-5-20-10-13(18)9-15(20)17(21)19-16-12(4)7-6-8-14(16)11(2)3/h6-11H,5,18H2,1-4H3,(H,19,21). The number of nitrogens with two attached hydrogens (primary N) is 1. The number of rotatable bonds is 4. The number of nitrogens with zero attached hydrogens (tertiary/aromatic N) is 1. The maximum Gasteiger partial charge on any atom is 0.272 e. The third-order valence-electron chi connectivity index (χ3n) is 3.66. The topological polar surface area (TPSA) is 60.0 Å². The molecular formula is C17H23N3O. The molecule has 0 saturated heterocycles. The lowest BCUT2D eigenvalue weighted by Crippen LogP contribution is -2.18. The Morgan fingerprint density at radius 3 is 2.71 bits per heavy atom. The first-order valence-electron chi connectivity index (χ1n) is 7.30. The molecule has 0 aliphatic rings. The minimum Gasteiger partial charge on any atom is -0.397 e. The number of amides is 1. The van der Waals surface area contributed by atoms with Crippen LogP contribution in [0.25, 0.3) is 0 Å². The predicted molar refractivity (Wildman–Crippen MR) is 87.7 cm³/mol. The number of anilines is 2. The van der Waals surface area contributed by atoms with Gasteiger partial charge in [0.2, 0.25) is 0 Å². The van der Waals surface area contributed by atoms with E-state index in [2.05, 4.69) is 25.2 Å². The SMILES string of the molecule is CCn1cc(N)cc1C(=O)Nc1c(C)cccc1C(C)C. The monoisotopic (exact) mass is 285 g/mol. The molecule has 21 heavy (non-hydrogen) atoms. The highest BCUT2D eigenvalue weighted by atomic mass is 16.1. The highest BCUT2D eigenvalue weighted by Crippen LogP contribution is 2.28. The summed E-state index contributed by atoms with van der Waals surface area (Å²) in [5.74, 6) is 0.230. The van der Waals surface area contributed by atoms with Gasteiger partial charge in [0.05, 0.1) is 5.69 Å². The normalized spacial score (nSPS) is 10.9. The summed E-state index contributed by atoms with van der Waals surface area (Å²) >= 11 is 0. The van der Waals surface area contributed by atoms with E-state index >= 15 is 0 Å². The molecule has 0 aliphatic heterocycles. The maximum absolute atomic E-state index is 12.5. The molecule has 4 nitrogen and oxygen atoms in total. The molecule has 0 bridgehead atoms. The van der Waals surface area contributed by atoms with E-state index in [0.29, 0.717) is 23.8 Å². The number of aromatic nitrogens is 1. The Morgan fingerprint density at radius 1 is 1.38 bits per heavy atom. The zero-order valence-corrected chi connectivity index (χ0v) is 13.1. The molecule has 0 unspecified atom stereocenters. The number of aryl methyl sites for hydroxylation is 2. The average molecular weight is 285 g/mol. The zero-order valence-electron chi connectivity index (χ0n) is 13.1. The van der Waals surface area contributed by atoms with Gasteiger partial charge in [-0.3, -0.25) is 4.79 Å². The molecule has 1 heterocycles. The van der Waals surface area contributed by atoms with Crippen LogP contribution in [0.5, 0.6) is 0 Å². The molecule has 0 spiro atoms. The number of benzene rings is 1. The predicted octanol–water partition coefficient (Wildman–Crippen LogP) is 3.77. The van der Waals surface area contributed by atoms with E-state index in [-0.39, 0.29) is 5.91 Å². The van der Waals surface area contributed by atoms with E-state index in [0.717, 1.165) is 16.8 Å². The lowest BCUT2D eigenvalue weighted by Gasteiger charge is -2.16. The van der Waals surface area contributed by atoms with Crippen molar-refractivity contribution >= 4 is 17.3 Å². The maximum atomic E-state index is 12.5. The van der Waals surface area contributed by atoms with Crippen molar-refractivity contribution < 1.29 is 4.79 Å². The van der Waals surface area contributed by atoms with Crippen molar-refractivity contribution in [3.63, 3.8) is 0 Å². The molecule has 2 rings (SSSR count). The highest BCUT2D eigenvalue weighted by molar-refractivity contribution is 6.04. The summed E-state index contributed by atoms with van der Waals surface area (Å²) in [6.45, 7) is 8.96. The molecule has 3 N–H and O–H groups in total. The van der Waals surface area contributed by atoms with Gasteiger partial charge in [0.1, 0.15) is 5.69 Å². The largest absolute Gasteiger partial charge is 0.397 e. The van der Waals surface area contributed by atoms with E-state index in [9.17, 15) is 4.79 Å². The van der Waals surface area contributed by atoms with Gasteiger partial charge in [0.15, 0.2) is 0 Å².